The van der Waals surface area contributed by atoms with Gasteiger partial charge in [-0.1, -0.05) is 62.4 Å². The molecule has 3 rings (SSSR count). The van der Waals surface area contributed by atoms with E-state index in [9.17, 15) is 13.2 Å². The molecular weight excluding hydrogens is 424 g/mol. The quantitative estimate of drug-likeness (QED) is 0.623. The van der Waals surface area contributed by atoms with Crippen LogP contribution in [-0.4, -0.2) is 38.8 Å². The summed E-state index contributed by atoms with van der Waals surface area (Å²) in [6.45, 7) is 0. The summed E-state index contributed by atoms with van der Waals surface area (Å²) in [5.41, 5.74) is 0.751. The number of rotatable bonds is 8. The lowest BCUT2D eigenvalue weighted by atomic mass is 9.96. The third-order valence-corrected chi connectivity index (χ3v) is 8.09. The fraction of sp³-hybridized carbons (Fsp3) is 0.480. The van der Waals surface area contributed by atoms with Crippen molar-refractivity contribution in [3.63, 3.8) is 0 Å². The molecule has 0 spiro atoms. The van der Waals surface area contributed by atoms with Gasteiger partial charge < -0.3 is 10.1 Å². The van der Waals surface area contributed by atoms with Crippen molar-refractivity contribution in [1.29, 1.82) is 0 Å². The largest absolute Gasteiger partial charge is 0.497 e. The maximum atomic E-state index is 13.3. The van der Waals surface area contributed by atoms with E-state index in [0.29, 0.717) is 5.75 Å². The maximum absolute atomic E-state index is 13.3. The van der Waals surface area contributed by atoms with Gasteiger partial charge in [-0.05, 0) is 42.7 Å². The number of amides is 1. The lowest BCUT2D eigenvalue weighted by Crippen LogP contribution is -2.39. The van der Waals surface area contributed by atoms with Crippen LogP contribution < -0.4 is 10.1 Å². The van der Waals surface area contributed by atoms with Gasteiger partial charge in [-0.15, -0.1) is 0 Å². The maximum Gasteiger partial charge on any atom is 0.243 e. The molecule has 1 fully saturated rings. The summed E-state index contributed by atoms with van der Waals surface area (Å²) in [6.07, 6.45) is 7.95. The minimum atomic E-state index is -3.77. The van der Waals surface area contributed by atoms with Gasteiger partial charge in [-0.25, -0.2) is 8.42 Å². The molecule has 0 heterocycles. The van der Waals surface area contributed by atoms with Gasteiger partial charge in [0, 0.05) is 19.5 Å². The Balaban J connectivity index is 1.82. The Bertz CT molecular complexity index is 953. The first kappa shape index (κ1) is 24.3. The number of carbonyl (C=O) groups excluding carboxylic acids is 1. The molecule has 0 aliphatic heterocycles. The molecule has 0 radical (unpaired) electrons. The molecule has 1 amide bonds. The molecule has 32 heavy (non-hydrogen) atoms. The van der Waals surface area contributed by atoms with E-state index in [4.69, 9.17) is 4.74 Å². The Hall–Kier alpha value is -2.38. The van der Waals surface area contributed by atoms with Gasteiger partial charge in [0.05, 0.1) is 18.0 Å². The van der Waals surface area contributed by atoms with Gasteiger partial charge >= 0.3 is 0 Å². The molecule has 2 aromatic carbocycles. The Morgan fingerprint density at radius 2 is 1.59 bits per heavy atom. The van der Waals surface area contributed by atoms with Crippen molar-refractivity contribution in [2.24, 2.45) is 0 Å². The van der Waals surface area contributed by atoms with Crippen molar-refractivity contribution in [2.75, 3.05) is 14.2 Å². The summed E-state index contributed by atoms with van der Waals surface area (Å²) in [7, 11) is -0.643. The van der Waals surface area contributed by atoms with Crippen molar-refractivity contribution >= 4 is 15.9 Å². The number of hydrogen-bond donors (Lipinski definition) is 1. The monoisotopic (exact) mass is 458 g/mol. The van der Waals surface area contributed by atoms with E-state index in [2.05, 4.69) is 5.32 Å². The molecule has 0 bridgehead atoms. The van der Waals surface area contributed by atoms with Gasteiger partial charge in [-0.2, -0.15) is 4.31 Å². The summed E-state index contributed by atoms with van der Waals surface area (Å²) < 4.78 is 33.1. The number of carbonyl (C=O) groups is 1. The van der Waals surface area contributed by atoms with Gasteiger partial charge in [0.2, 0.25) is 15.9 Å². The summed E-state index contributed by atoms with van der Waals surface area (Å²) in [5.74, 6) is 0.562. The van der Waals surface area contributed by atoms with Crippen molar-refractivity contribution in [2.45, 2.75) is 68.3 Å². The first-order chi connectivity index (χ1) is 15.4. The lowest BCUT2D eigenvalue weighted by Gasteiger charge is -2.29. The van der Waals surface area contributed by atoms with Crippen molar-refractivity contribution in [3.8, 4) is 5.75 Å². The molecule has 0 saturated heterocycles. The second-order valence-corrected chi connectivity index (χ2v) is 10.4. The van der Waals surface area contributed by atoms with E-state index in [1.807, 2.05) is 12.1 Å². The van der Waals surface area contributed by atoms with Crippen molar-refractivity contribution < 1.29 is 17.9 Å². The zero-order valence-electron chi connectivity index (χ0n) is 19.0. The highest BCUT2D eigenvalue weighted by Gasteiger charge is 2.31. The number of sulfonamides is 1. The van der Waals surface area contributed by atoms with Crippen LogP contribution in [0.2, 0.25) is 0 Å². The molecule has 6 nitrogen and oxygen atoms in total. The van der Waals surface area contributed by atoms with Crippen LogP contribution in [0.25, 0.3) is 0 Å². The first-order valence-electron chi connectivity index (χ1n) is 11.4. The summed E-state index contributed by atoms with van der Waals surface area (Å²) in [4.78, 5) is 13.2. The Kier molecular flexibility index (Phi) is 8.70. The predicted molar refractivity (Wildman–Crippen MR) is 126 cm³/mol. The molecule has 2 aromatic rings. The molecule has 1 atom stereocenters. The van der Waals surface area contributed by atoms with E-state index < -0.39 is 16.1 Å². The molecule has 1 aliphatic carbocycles. The fourth-order valence-electron chi connectivity index (χ4n) is 4.27. The Morgan fingerprint density at radius 3 is 2.19 bits per heavy atom. The zero-order chi connectivity index (χ0) is 23.0. The third-order valence-electron chi connectivity index (χ3n) is 6.21. The zero-order valence-corrected chi connectivity index (χ0v) is 19.8. The molecule has 0 aromatic heterocycles. The standard InChI is InChI=1S/C25H34N2O4S/c1-27(32(29,30)23-13-9-6-10-14-23)24(20-15-17-22(31-2)18-16-20)19-25(28)26-21-11-7-4-3-5-8-12-21/h6,9-10,13-18,21,24H,3-5,7-8,11-12,19H2,1-2H3,(H,26,28)/t24-/m1/s1. The number of hydrogen-bond acceptors (Lipinski definition) is 4. The number of methoxy groups -OCH3 is 1. The second kappa shape index (κ2) is 11.5. The highest BCUT2D eigenvalue weighted by atomic mass is 32.2. The third kappa shape index (κ3) is 6.33. The van der Waals surface area contributed by atoms with E-state index >= 15 is 0 Å². The molecule has 1 N–H and O–H groups in total. The van der Waals surface area contributed by atoms with Gasteiger partial charge in [-0.3, -0.25) is 4.79 Å². The highest BCUT2D eigenvalue weighted by molar-refractivity contribution is 7.89. The van der Waals surface area contributed by atoms with Crippen molar-refractivity contribution in [1.82, 2.24) is 9.62 Å². The summed E-state index contributed by atoms with van der Waals surface area (Å²) in [6, 6.07) is 15.1. The molecule has 1 saturated carbocycles. The van der Waals surface area contributed by atoms with Gasteiger partial charge in [0.1, 0.15) is 5.75 Å². The average molecular weight is 459 g/mol. The van der Waals surface area contributed by atoms with E-state index in [1.165, 1.54) is 23.6 Å². The highest BCUT2D eigenvalue weighted by Crippen LogP contribution is 2.30. The second-order valence-electron chi connectivity index (χ2n) is 8.44. The van der Waals surface area contributed by atoms with Crippen LogP contribution in [0.5, 0.6) is 5.75 Å². The summed E-state index contributed by atoms with van der Waals surface area (Å²) in [5, 5.41) is 3.17. The molecule has 0 unspecified atom stereocenters. The molecule has 1 aliphatic rings. The Labute approximate surface area is 192 Å². The van der Waals surface area contributed by atoms with Crippen molar-refractivity contribution in [3.05, 3.63) is 60.2 Å². The van der Waals surface area contributed by atoms with E-state index in [1.54, 1.807) is 56.6 Å². The van der Waals surface area contributed by atoms with Crippen LogP contribution in [0.4, 0.5) is 0 Å². The number of nitrogens with one attached hydrogen (secondary N) is 1. The van der Waals surface area contributed by atoms with E-state index in [-0.39, 0.29) is 23.3 Å². The fourth-order valence-corrected chi connectivity index (χ4v) is 5.64. The average Bonchev–Trinajstić information content (AvgIpc) is 2.79. The van der Waals surface area contributed by atoms with Crippen LogP contribution in [0, 0.1) is 0 Å². The first-order valence-corrected chi connectivity index (χ1v) is 12.8. The van der Waals surface area contributed by atoms with Crippen LogP contribution in [-0.2, 0) is 14.8 Å². The van der Waals surface area contributed by atoms with E-state index in [0.717, 1.165) is 31.2 Å². The molecule has 174 valence electrons. The van der Waals surface area contributed by atoms with Gasteiger partial charge in [0.25, 0.3) is 0 Å². The minimum Gasteiger partial charge on any atom is -0.497 e. The molecular formula is C25H34N2O4S. The number of nitrogens with zero attached hydrogens (tertiary/aromatic N) is 1. The SMILES string of the molecule is COc1ccc([C@@H](CC(=O)NC2CCCCCCC2)N(C)S(=O)(=O)c2ccccc2)cc1. The molecule has 7 heteroatoms. The Morgan fingerprint density at radius 1 is 1.00 bits per heavy atom. The topological polar surface area (TPSA) is 75.7 Å². The number of benzene rings is 2. The summed E-state index contributed by atoms with van der Waals surface area (Å²) >= 11 is 0. The number of ether oxygens (including phenoxy) is 1. The van der Waals surface area contributed by atoms with Gasteiger partial charge in [0.15, 0.2) is 0 Å². The minimum absolute atomic E-state index is 0.0609. The smallest absolute Gasteiger partial charge is 0.243 e. The van der Waals surface area contributed by atoms with Crippen LogP contribution >= 0.6 is 0 Å². The van der Waals surface area contributed by atoms with Crippen LogP contribution in [0.3, 0.4) is 0 Å². The normalized spacial score (nSPS) is 16.7. The lowest BCUT2D eigenvalue weighted by molar-refractivity contribution is -0.122. The van der Waals surface area contributed by atoms with Crippen LogP contribution in [0.15, 0.2) is 59.5 Å². The van der Waals surface area contributed by atoms with Crippen LogP contribution in [0.1, 0.15) is 63.0 Å². The predicted octanol–water partition coefficient (Wildman–Crippen LogP) is 4.68.